The first kappa shape index (κ1) is 15.5. The Hall–Kier alpha value is -0.870. The number of nitrogens with one attached hydrogen (secondary N) is 1. The van der Waals surface area contributed by atoms with Crippen molar-refractivity contribution in [2.75, 3.05) is 6.54 Å². The van der Waals surface area contributed by atoms with Crippen LogP contribution in [-0.4, -0.2) is 23.7 Å². The Morgan fingerprint density at radius 1 is 1.55 bits per heavy atom. The van der Waals surface area contributed by atoms with Crippen molar-refractivity contribution in [2.24, 2.45) is 11.8 Å². The molecule has 0 radical (unpaired) electrons. The number of hydrogen-bond donors (Lipinski definition) is 2. The third-order valence-corrected chi connectivity index (χ3v) is 4.94. The average molecular weight is 295 g/mol. The smallest absolute Gasteiger partial charge is 0.252 e. The Bertz CT molecular complexity index is 467. The van der Waals surface area contributed by atoms with Crippen LogP contribution in [0, 0.1) is 11.8 Å². The first-order valence-corrected chi connectivity index (χ1v) is 8.40. The first-order valence-electron chi connectivity index (χ1n) is 7.52. The molecule has 1 aromatic rings. The summed E-state index contributed by atoms with van der Waals surface area (Å²) in [6.07, 6.45) is 3.55. The van der Waals surface area contributed by atoms with E-state index in [2.05, 4.69) is 26.1 Å². The molecule has 1 aliphatic carbocycles. The van der Waals surface area contributed by atoms with Gasteiger partial charge in [0, 0.05) is 16.8 Å². The third kappa shape index (κ3) is 3.83. The lowest BCUT2D eigenvalue weighted by molar-refractivity contribution is 0.0899. The van der Waals surface area contributed by atoms with E-state index in [-0.39, 0.29) is 5.91 Å². The van der Waals surface area contributed by atoms with Crippen LogP contribution in [0.25, 0.3) is 0 Å². The zero-order valence-corrected chi connectivity index (χ0v) is 13.4. The molecule has 3 nitrogen and oxygen atoms in total. The predicted molar refractivity (Wildman–Crippen MR) is 83.3 cm³/mol. The summed E-state index contributed by atoms with van der Waals surface area (Å²) in [7, 11) is 0. The molecule has 0 aromatic carbocycles. The van der Waals surface area contributed by atoms with Crippen molar-refractivity contribution < 1.29 is 9.90 Å². The van der Waals surface area contributed by atoms with Crippen LogP contribution < -0.4 is 5.32 Å². The van der Waals surface area contributed by atoms with Crippen molar-refractivity contribution in [2.45, 2.75) is 52.6 Å². The van der Waals surface area contributed by atoms with Crippen LogP contribution in [0.2, 0.25) is 0 Å². The lowest BCUT2D eigenvalue weighted by atomic mass is 9.88. The molecule has 2 atom stereocenters. The molecule has 1 aliphatic rings. The molecule has 0 saturated carbocycles. The standard InChI is InChI=1S/C16H25NO2S/c1-10(2)6-12(18)8-17-16(19)14-9-20-15-7-11(3)4-5-13(14)15/h9-12,18H,4-8H2,1-3H3,(H,17,19). The molecule has 1 aromatic heterocycles. The number of carbonyl (C=O) groups is 1. The van der Waals surface area contributed by atoms with Gasteiger partial charge in [0.25, 0.3) is 5.91 Å². The minimum absolute atomic E-state index is 0.0279. The fourth-order valence-electron chi connectivity index (χ4n) is 2.80. The second-order valence-corrected chi connectivity index (χ2v) is 7.36. The van der Waals surface area contributed by atoms with Gasteiger partial charge in [-0.25, -0.2) is 0 Å². The van der Waals surface area contributed by atoms with Gasteiger partial charge in [-0.05, 0) is 43.1 Å². The van der Waals surface area contributed by atoms with Gasteiger partial charge in [0.15, 0.2) is 0 Å². The van der Waals surface area contributed by atoms with Gasteiger partial charge in [-0.2, -0.15) is 0 Å². The second-order valence-electron chi connectivity index (χ2n) is 6.39. The summed E-state index contributed by atoms with van der Waals surface area (Å²) >= 11 is 1.71. The molecule has 112 valence electrons. The second kappa shape index (κ2) is 6.72. The normalized spacial score (nSPS) is 19.8. The van der Waals surface area contributed by atoms with E-state index < -0.39 is 6.10 Å². The number of carbonyl (C=O) groups excluding carboxylic acids is 1. The molecular weight excluding hydrogens is 270 g/mol. The van der Waals surface area contributed by atoms with Crippen LogP contribution in [0.1, 0.15) is 54.4 Å². The fraction of sp³-hybridized carbons (Fsp3) is 0.688. The summed E-state index contributed by atoms with van der Waals surface area (Å²) in [6.45, 7) is 6.76. The lowest BCUT2D eigenvalue weighted by Crippen LogP contribution is -2.33. The third-order valence-electron chi connectivity index (χ3n) is 3.89. The van der Waals surface area contributed by atoms with E-state index in [1.165, 1.54) is 16.9 Å². The fourth-order valence-corrected chi connectivity index (χ4v) is 4.05. The SMILES string of the molecule is CC(C)CC(O)CNC(=O)c1csc2c1CCC(C)C2. The number of aliphatic hydroxyl groups excluding tert-OH is 1. The molecule has 0 spiro atoms. The molecule has 1 heterocycles. The van der Waals surface area contributed by atoms with Gasteiger partial charge in [0.05, 0.1) is 11.7 Å². The maximum atomic E-state index is 12.2. The Morgan fingerprint density at radius 3 is 3.00 bits per heavy atom. The van der Waals surface area contributed by atoms with E-state index in [4.69, 9.17) is 0 Å². The zero-order valence-electron chi connectivity index (χ0n) is 12.6. The van der Waals surface area contributed by atoms with E-state index in [9.17, 15) is 9.90 Å². The molecule has 4 heteroatoms. The molecule has 2 N–H and O–H groups in total. The summed E-state index contributed by atoms with van der Waals surface area (Å²) in [5.41, 5.74) is 2.07. The number of hydrogen-bond acceptors (Lipinski definition) is 3. The minimum Gasteiger partial charge on any atom is -0.391 e. The summed E-state index contributed by atoms with van der Waals surface area (Å²) in [5.74, 6) is 1.14. The molecule has 0 aliphatic heterocycles. The summed E-state index contributed by atoms with van der Waals surface area (Å²) in [6, 6.07) is 0. The summed E-state index contributed by atoms with van der Waals surface area (Å²) in [4.78, 5) is 13.6. The topological polar surface area (TPSA) is 49.3 Å². The van der Waals surface area contributed by atoms with Crippen LogP contribution in [-0.2, 0) is 12.8 Å². The van der Waals surface area contributed by atoms with Gasteiger partial charge < -0.3 is 10.4 Å². The van der Waals surface area contributed by atoms with Crippen molar-refractivity contribution in [1.82, 2.24) is 5.32 Å². The highest BCUT2D eigenvalue weighted by atomic mass is 32.1. The van der Waals surface area contributed by atoms with Crippen molar-refractivity contribution in [3.05, 3.63) is 21.4 Å². The molecule has 0 saturated heterocycles. The van der Waals surface area contributed by atoms with Crippen LogP contribution in [0.5, 0.6) is 0 Å². The molecule has 2 unspecified atom stereocenters. The largest absolute Gasteiger partial charge is 0.391 e. The van der Waals surface area contributed by atoms with Crippen molar-refractivity contribution in [3.8, 4) is 0 Å². The highest BCUT2D eigenvalue weighted by Gasteiger charge is 2.23. The summed E-state index contributed by atoms with van der Waals surface area (Å²) in [5, 5.41) is 14.7. The predicted octanol–water partition coefficient (Wildman–Crippen LogP) is 3.01. The number of rotatable bonds is 5. The first-order chi connectivity index (χ1) is 9.47. The Balaban J connectivity index is 1.93. The maximum absolute atomic E-state index is 12.2. The van der Waals surface area contributed by atoms with E-state index in [1.54, 1.807) is 11.3 Å². The Morgan fingerprint density at radius 2 is 2.30 bits per heavy atom. The average Bonchev–Trinajstić information content (AvgIpc) is 2.78. The minimum atomic E-state index is -0.451. The molecule has 1 amide bonds. The number of amides is 1. The number of aliphatic hydroxyl groups is 1. The number of fused-ring (bicyclic) bond motifs is 1. The van der Waals surface area contributed by atoms with E-state index in [0.717, 1.165) is 30.7 Å². The molecule has 0 bridgehead atoms. The van der Waals surface area contributed by atoms with E-state index >= 15 is 0 Å². The van der Waals surface area contributed by atoms with Crippen LogP contribution in [0.15, 0.2) is 5.38 Å². The molecular formula is C16H25NO2S. The van der Waals surface area contributed by atoms with Gasteiger partial charge in [-0.3, -0.25) is 4.79 Å². The van der Waals surface area contributed by atoms with Gasteiger partial charge in [-0.1, -0.05) is 20.8 Å². The maximum Gasteiger partial charge on any atom is 0.252 e. The van der Waals surface area contributed by atoms with Gasteiger partial charge in [0.2, 0.25) is 0 Å². The van der Waals surface area contributed by atoms with Crippen LogP contribution in [0.3, 0.4) is 0 Å². The molecule has 2 rings (SSSR count). The number of thiophene rings is 1. The Kier molecular flexibility index (Phi) is 5.22. The van der Waals surface area contributed by atoms with Crippen LogP contribution in [0.4, 0.5) is 0 Å². The van der Waals surface area contributed by atoms with Gasteiger partial charge in [0.1, 0.15) is 0 Å². The highest BCUT2D eigenvalue weighted by molar-refractivity contribution is 7.10. The lowest BCUT2D eigenvalue weighted by Gasteiger charge is -2.19. The van der Waals surface area contributed by atoms with Crippen molar-refractivity contribution in [1.29, 1.82) is 0 Å². The van der Waals surface area contributed by atoms with E-state index in [1.807, 2.05) is 5.38 Å². The summed E-state index contributed by atoms with van der Waals surface area (Å²) < 4.78 is 0. The van der Waals surface area contributed by atoms with Crippen molar-refractivity contribution >= 4 is 17.2 Å². The van der Waals surface area contributed by atoms with E-state index in [0.29, 0.717) is 12.5 Å². The van der Waals surface area contributed by atoms with Gasteiger partial charge >= 0.3 is 0 Å². The van der Waals surface area contributed by atoms with Crippen LogP contribution >= 0.6 is 11.3 Å². The molecule has 20 heavy (non-hydrogen) atoms. The quantitative estimate of drug-likeness (QED) is 0.877. The van der Waals surface area contributed by atoms with Crippen molar-refractivity contribution in [3.63, 3.8) is 0 Å². The van der Waals surface area contributed by atoms with Gasteiger partial charge in [-0.15, -0.1) is 11.3 Å². The monoisotopic (exact) mass is 295 g/mol. The Labute approximate surface area is 125 Å². The highest BCUT2D eigenvalue weighted by Crippen LogP contribution is 2.32. The zero-order chi connectivity index (χ0) is 14.7. The molecule has 0 fully saturated rings.